The van der Waals surface area contributed by atoms with Crippen LogP contribution in [0.3, 0.4) is 0 Å². The Morgan fingerprint density at radius 3 is 2.62 bits per heavy atom. The summed E-state index contributed by atoms with van der Waals surface area (Å²) >= 11 is 1.73. The predicted octanol–water partition coefficient (Wildman–Crippen LogP) is 6.16. The SMILES string of the molecule is CSc1ccc([C@H]2C3=C(CC(C)(C)CC3=O)Nc3ccc4ncccc4c32)cc1. The van der Waals surface area contributed by atoms with E-state index in [4.69, 9.17) is 0 Å². The normalized spacial score (nSPS) is 20.2. The number of hydrogen-bond acceptors (Lipinski definition) is 4. The summed E-state index contributed by atoms with van der Waals surface area (Å²) in [4.78, 5) is 19.2. The Morgan fingerprint density at radius 2 is 1.86 bits per heavy atom. The molecule has 2 aliphatic rings. The summed E-state index contributed by atoms with van der Waals surface area (Å²) in [7, 11) is 0. The van der Waals surface area contributed by atoms with E-state index in [1.807, 2.05) is 12.3 Å². The number of Topliss-reactive ketones (excluding diaryl/α,β-unsaturated/α-hetero) is 1. The molecule has 0 saturated carbocycles. The van der Waals surface area contributed by atoms with Crippen LogP contribution < -0.4 is 5.32 Å². The van der Waals surface area contributed by atoms with Gasteiger partial charge in [-0.2, -0.15) is 0 Å². The molecule has 0 saturated heterocycles. The van der Waals surface area contributed by atoms with Crippen LogP contribution in [0.1, 0.15) is 43.7 Å². The molecule has 1 aromatic heterocycles. The number of allylic oxidation sites excluding steroid dienone is 2. The predicted molar refractivity (Wildman–Crippen MR) is 120 cm³/mol. The van der Waals surface area contributed by atoms with Gasteiger partial charge in [0.25, 0.3) is 0 Å². The number of ketones is 1. The maximum absolute atomic E-state index is 13.4. The Bertz CT molecular complexity index is 1160. The number of aromatic nitrogens is 1. The monoisotopic (exact) mass is 400 g/mol. The topological polar surface area (TPSA) is 42.0 Å². The maximum Gasteiger partial charge on any atom is 0.162 e. The van der Waals surface area contributed by atoms with E-state index in [0.717, 1.165) is 34.3 Å². The third kappa shape index (κ3) is 3.06. The standard InChI is InChI=1S/C25H24N2OS/c1-25(2)13-20-24(21(28)14-25)22(15-6-8-16(29-3)9-7-15)23-17-5-4-12-26-18(17)10-11-19(23)27-20/h4-12,22,27H,13-14H2,1-3H3/t22-/m1/s1. The molecule has 0 radical (unpaired) electrons. The van der Waals surface area contributed by atoms with Gasteiger partial charge in [0, 0.05) is 45.8 Å². The fourth-order valence-corrected chi connectivity index (χ4v) is 5.22. The lowest BCUT2D eigenvalue weighted by Gasteiger charge is -2.40. The van der Waals surface area contributed by atoms with Crippen LogP contribution in [0.4, 0.5) is 5.69 Å². The first-order valence-electron chi connectivity index (χ1n) is 10.0. The van der Waals surface area contributed by atoms with Crippen LogP contribution in [-0.2, 0) is 4.79 Å². The molecule has 0 amide bonds. The van der Waals surface area contributed by atoms with Crippen LogP contribution in [0.25, 0.3) is 10.9 Å². The smallest absolute Gasteiger partial charge is 0.162 e. The third-order valence-corrected chi connectivity index (χ3v) is 6.80. The number of hydrogen-bond donors (Lipinski definition) is 1. The molecule has 3 aromatic rings. The average Bonchev–Trinajstić information content (AvgIpc) is 2.71. The largest absolute Gasteiger partial charge is 0.358 e. The summed E-state index contributed by atoms with van der Waals surface area (Å²) in [6.45, 7) is 4.36. The van der Waals surface area contributed by atoms with Crippen molar-refractivity contribution in [1.29, 1.82) is 0 Å². The Balaban J connectivity index is 1.79. The van der Waals surface area contributed by atoms with Crippen molar-refractivity contribution in [3.63, 3.8) is 0 Å². The molecule has 1 N–H and O–H groups in total. The van der Waals surface area contributed by atoms with Gasteiger partial charge in [0.2, 0.25) is 0 Å². The van der Waals surface area contributed by atoms with Crippen LogP contribution in [0.15, 0.2) is 70.9 Å². The van der Waals surface area contributed by atoms with Crippen LogP contribution in [0.5, 0.6) is 0 Å². The number of benzene rings is 2. The lowest BCUT2D eigenvalue weighted by Crippen LogP contribution is -2.33. The maximum atomic E-state index is 13.4. The zero-order valence-electron chi connectivity index (χ0n) is 17.0. The van der Waals surface area contributed by atoms with Crippen molar-refractivity contribution in [3.8, 4) is 0 Å². The second-order valence-electron chi connectivity index (χ2n) is 8.76. The number of fused-ring (bicyclic) bond motifs is 3. The summed E-state index contributed by atoms with van der Waals surface area (Å²) in [5.41, 5.74) is 6.39. The van der Waals surface area contributed by atoms with Gasteiger partial charge in [-0.15, -0.1) is 11.8 Å². The molecule has 1 atom stereocenters. The van der Waals surface area contributed by atoms with E-state index >= 15 is 0 Å². The lowest BCUT2D eigenvalue weighted by atomic mass is 9.68. The van der Waals surface area contributed by atoms with Crippen molar-refractivity contribution >= 4 is 34.1 Å². The quantitative estimate of drug-likeness (QED) is 0.523. The van der Waals surface area contributed by atoms with Gasteiger partial charge < -0.3 is 5.32 Å². The molecule has 2 heterocycles. The molecule has 5 rings (SSSR count). The summed E-state index contributed by atoms with van der Waals surface area (Å²) in [5, 5.41) is 4.74. The Hall–Kier alpha value is -2.59. The molecule has 1 aliphatic carbocycles. The Morgan fingerprint density at radius 1 is 1.07 bits per heavy atom. The zero-order chi connectivity index (χ0) is 20.2. The Kier molecular flexibility index (Phi) is 4.28. The summed E-state index contributed by atoms with van der Waals surface area (Å²) in [6, 6.07) is 16.9. The van der Waals surface area contributed by atoms with Gasteiger partial charge in [-0.1, -0.05) is 32.0 Å². The van der Waals surface area contributed by atoms with E-state index in [2.05, 4.69) is 72.9 Å². The number of carbonyl (C=O) groups excluding carboxylic acids is 1. The third-order valence-electron chi connectivity index (χ3n) is 6.06. The van der Waals surface area contributed by atoms with E-state index in [9.17, 15) is 4.79 Å². The van der Waals surface area contributed by atoms with Gasteiger partial charge in [-0.3, -0.25) is 9.78 Å². The molecule has 2 aromatic carbocycles. The summed E-state index contributed by atoms with van der Waals surface area (Å²) in [6.07, 6.45) is 5.39. The molecule has 0 fully saturated rings. The number of rotatable bonds is 2. The molecule has 0 bridgehead atoms. The molecule has 3 nitrogen and oxygen atoms in total. The van der Waals surface area contributed by atoms with Crippen molar-refractivity contribution in [2.45, 2.75) is 37.5 Å². The molecule has 0 unspecified atom stereocenters. The average molecular weight is 401 g/mol. The Labute approximate surface area is 175 Å². The minimum atomic E-state index is -0.0614. The van der Waals surface area contributed by atoms with Crippen molar-refractivity contribution in [3.05, 3.63) is 77.1 Å². The van der Waals surface area contributed by atoms with E-state index in [-0.39, 0.29) is 17.1 Å². The second-order valence-corrected chi connectivity index (χ2v) is 9.64. The van der Waals surface area contributed by atoms with Crippen molar-refractivity contribution in [2.24, 2.45) is 5.41 Å². The molecule has 146 valence electrons. The molecule has 1 aliphatic heterocycles. The van der Waals surface area contributed by atoms with Gasteiger partial charge in [-0.25, -0.2) is 0 Å². The summed E-state index contributed by atoms with van der Waals surface area (Å²) < 4.78 is 0. The number of thioether (sulfide) groups is 1. The van der Waals surface area contributed by atoms with Crippen LogP contribution >= 0.6 is 11.8 Å². The van der Waals surface area contributed by atoms with E-state index in [0.29, 0.717) is 6.42 Å². The minimum absolute atomic E-state index is 0.0217. The van der Waals surface area contributed by atoms with Crippen molar-refractivity contribution in [2.75, 3.05) is 11.6 Å². The molecular weight excluding hydrogens is 376 g/mol. The van der Waals surface area contributed by atoms with E-state index in [1.54, 1.807) is 11.8 Å². The zero-order valence-corrected chi connectivity index (χ0v) is 17.8. The second kappa shape index (κ2) is 6.74. The van der Waals surface area contributed by atoms with Gasteiger partial charge in [0.1, 0.15) is 0 Å². The van der Waals surface area contributed by atoms with Crippen LogP contribution in [0, 0.1) is 5.41 Å². The highest BCUT2D eigenvalue weighted by molar-refractivity contribution is 7.98. The van der Waals surface area contributed by atoms with Gasteiger partial charge >= 0.3 is 0 Å². The van der Waals surface area contributed by atoms with Gasteiger partial charge in [-0.05, 0) is 59.6 Å². The fourth-order valence-electron chi connectivity index (χ4n) is 4.81. The van der Waals surface area contributed by atoms with Crippen molar-refractivity contribution in [1.82, 2.24) is 4.98 Å². The number of pyridine rings is 1. The summed E-state index contributed by atoms with van der Waals surface area (Å²) in [5.74, 6) is 0.197. The molecule has 0 spiro atoms. The molecule has 29 heavy (non-hydrogen) atoms. The highest BCUT2D eigenvalue weighted by Crippen LogP contribution is 2.50. The van der Waals surface area contributed by atoms with Gasteiger partial charge in [0.15, 0.2) is 5.78 Å². The number of carbonyl (C=O) groups is 1. The highest BCUT2D eigenvalue weighted by Gasteiger charge is 2.41. The first-order chi connectivity index (χ1) is 14.0. The van der Waals surface area contributed by atoms with Crippen LogP contribution in [0.2, 0.25) is 0 Å². The first-order valence-corrected chi connectivity index (χ1v) is 11.2. The number of anilines is 1. The number of nitrogens with one attached hydrogen (secondary N) is 1. The van der Waals surface area contributed by atoms with E-state index in [1.165, 1.54) is 16.0 Å². The number of nitrogens with zero attached hydrogens (tertiary/aromatic N) is 1. The highest BCUT2D eigenvalue weighted by atomic mass is 32.2. The minimum Gasteiger partial charge on any atom is -0.358 e. The van der Waals surface area contributed by atoms with Gasteiger partial charge in [0.05, 0.1) is 5.52 Å². The lowest BCUT2D eigenvalue weighted by molar-refractivity contribution is -0.118. The molecular formula is C25H24N2OS. The first kappa shape index (κ1) is 18.4. The van der Waals surface area contributed by atoms with Crippen molar-refractivity contribution < 1.29 is 4.79 Å². The van der Waals surface area contributed by atoms with E-state index < -0.39 is 0 Å². The molecule has 4 heteroatoms. The van der Waals surface area contributed by atoms with Crippen LogP contribution in [-0.4, -0.2) is 17.0 Å². The fraction of sp³-hybridized carbons (Fsp3) is 0.280.